The molecule has 2 N–H and O–H groups in total. The van der Waals surface area contributed by atoms with E-state index in [0.29, 0.717) is 12.1 Å². The Bertz CT molecular complexity index is 610. The maximum Gasteiger partial charge on any atom is 0.296 e. The van der Waals surface area contributed by atoms with Gasteiger partial charge in [-0.15, -0.1) is 5.10 Å². The second-order valence-corrected chi connectivity index (χ2v) is 3.96. The molecule has 0 aliphatic rings. The summed E-state index contributed by atoms with van der Waals surface area (Å²) in [6.07, 6.45) is 0.543. The van der Waals surface area contributed by atoms with Crippen LogP contribution in [0.2, 0.25) is 5.02 Å². The number of nitro benzene ring substituents is 1. The van der Waals surface area contributed by atoms with E-state index in [2.05, 4.69) is 10.3 Å². The van der Waals surface area contributed by atoms with E-state index in [-0.39, 0.29) is 22.2 Å². The van der Waals surface area contributed by atoms with Crippen LogP contribution >= 0.6 is 11.6 Å². The van der Waals surface area contributed by atoms with Gasteiger partial charge in [0.2, 0.25) is 0 Å². The molecule has 0 fully saturated rings. The van der Waals surface area contributed by atoms with Crippen LogP contribution in [-0.2, 0) is 6.42 Å². The van der Waals surface area contributed by atoms with Crippen LogP contribution in [0.5, 0.6) is 0 Å². The lowest BCUT2D eigenvalue weighted by Gasteiger charge is -2.07. The fourth-order valence-electron chi connectivity index (χ4n) is 1.68. The lowest BCUT2D eigenvalue weighted by molar-refractivity contribution is -0.384. The van der Waals surface area contributed by atoms with Gasteiger partial charge in [-0.05, 0) is 12.5 Å². The first-order valence-electron chi connectivity index (χ1n) is 5.19. The quantitative estimate of drug-likeness (QED) is 0.677. The Kier molecular flexibility index (Phi) is 3.15. The smallest absolute Gasteiger partial charge is 0.296 e. The van der Waals surface area contributed by atoms with Gasteiger partial charge in [0.25, 0.3) is 5.69 Å². The minimum absolute atomic E-state index is 0.137. The number of aromatic nitrogens is 3. The van der Waals surface area contributed by atoms with Crippen molar-refractivity contribution in [2.24, 2.45) is 0 Å². The normalized spacial score (nSPS) is 10.6. The molecule has 1 aromatic carbocycles. The van der Waals surface area contributed by atoms with Gasteiger partial charge in [-0.3, -0.25) is 10.1 Å². The van der Waals surface area contributed by atoms with Crippen molar-refractivity contribution in [2.75, 3.05) is 5.73 Å². The summed E-state index contributed by atoms with van der Waals surface area (Å²) in [5.41, 5.74) is 6.30. The molecule has 8 heteroatoms. The Hall–Kier alpha value is -2.15. The highest BCUT2D eigenvalue weighted by Crippen LogP contribution is 2.31. The van der Waals surface area contributed by atoms with Crippen molar-refractivity contribution >= 4 is 23.1 Å². The zero-order valence-electron chi connectivity index (χ0n) is 9.50. The van der Waals surface area contributed by atoms with Crippen molar-refractivity contribution in [1.29, 1.82) is 0 Å². The van der Waals surface area contributed by atoms with E-state index in [1.165, 1.54) is 16.8 Å². The first kappa shape index (κ1) is 12.3. The van der Waals surface area contributed by atoms with E-state index in [4.69, 9.17) is 17.3 Å². The van der Waals surface area contributed by atoms with Crippen LogP contribution in [-0.4, -0.2) is 19.9 Å². The Morgan fingerprint density at radius 3 is 2.89 bits per heavy atom. The number of nitrogen functional groups attached to an aromatic ring is 1. The molecule has 0 bridgehead atoms. The molecule has 0 unspecified atom stereocenters. The van der Waals surface area contributed by atoms with Crippen molar-refractivity contribution in [3.8, 4) is 5.69 Å². The molecule has 1 heterocycles. The van der Waals surface area contributed by atoms with Gasteiger partial charge in [0.15, 0.2) is 11.5 Å². The van der Waals surface area contributed by atoms with Crippen molar-refractivity contribution in [3.05, 3.63) is 39.0 Å². The van der Waals surface area contributed by atoms with Crippen molar-refractivity contribution in [1.82, 2.24) is 15.0 Å². The van der Waals surface area contributed by atoms with E-state index < -0.39 is 4.92 Å². The van der Waals surface area contributed by atoms with Gasteiger partial charge in [-0.2, -0.15) is 0 Å². The lowest BCUT2D eigenvalue weighted by atomic mass is 10.2. The molecule has 0 atom stereocenters. The molecule has 2 aromatic rings. The Labute approximate surface area is 107 Å². The zero-order chi connectivity index (χ0) is 13.3. The van der Waals surface area contributed by atoms with Gasteiger partial charge in [0.1, 0.15) is 0 Å². The number of para-hydroxylation sites is 1. The summed E-state index contributed by atoms with van der Waals surface area (Å²) >= 11 is 6.01. The van der Waals surface area contributed by atoms with Gasteiger partial charge in [-0.1, -0.05) is 29.8 Å². The second-order valence-electron chi connectivity index (χ2n) is 3.55. The van der Waals surface area contributed by atoms with E-state index in [1.54, 1.807) is 6.07 Å². The van der Waals surface area contributed by atoms with Crippen LogP contribution in [0.25, 0.3) is 5.69 Å². The third-order valence-electron chi connectivity index (χ3n) is 2.50. The fourth-order valence-corrected chi connectivity index (χ4v) is 1.93. The molecule has 0 saturated carbocycles. The van der Waals surface area contributed by atoms with E-state index in [1.807, 2.05) is 6.92 Å². The molecule has 2 rings (SSSR count). The summed E-state index contributed by atoms with van der Waals surface area (Å²) in [4.78, 5) is 10.5. The zero-order valence-corrected chi connectivity index (χ0v) is 10.3. The van der Waals surface area contributed by atoms with Crippen LogP contribution in [0.1, 0.15) is 12.6 Å². The molecule has 0 spiro atoms. The van der Waals surface area contributed by atoms with Crippen LogP contribution in [0, 0.1) is 10.1 Å². The molecule has 0 saturated heterocycles. The highest BCUT2D eigenvalue weighted by atomic mass is 35.5. The molecule has 0 radical (unpaired) electrons. The Morgan fingerprint density at radius 2 is 2.28 bits per heavy atom. The Balaban J connectivity index is 2.74. The number of nitro groups is 1. The third kappa shape index (κ3) is 1.88. The standard InChI is InChI=1S/C10H10ClN5O2/c1-2-7-10(12)13-14-15(7)9-6(11)4-3-5-8(9)16(17)18/h3-5H,2,12H2,1H3. The number of nitrogens with two attached hydrogens (primary N) is 1. The average molecular weight is 268 g/mol. The summed E-state index contributed by atoms with van der Waals surface area (Å²) in [5.74, 6) is 0.242. The molecule has 18 heavy (non-hydrogen) atoms. The maximum atomic E-state index is 11.0. The monoisotopic (exact) mass is 267 g/mol. The van der Waals surface area contributed by atoms with E-state index in [0.717, 1.165) is 0 Å². The number of hydrogen-bond donors (Lipinski definition) is 1. The van der Waals surface area contributed by atoms with Crippen molar-refractivity contribution < 1.29 is 4.92 Å². The summed E-state index contributed by atoms with van der Waals surface area (Å²) in [7, 11) is 0. The summed E-state index contributed by atoms with van der Waals surface area (Å²) in [6, 6.07) is 4.43. The van der Waals surface area contributed by atoms with Gasteiger partial charge < -0.3 is 5.73 Å². The van der Waals surface area contributed by atoms with Crippen molar-refractivity contribution in [2.45, 2.75) is 13.3 Å². The summed E-state index contributed by atoms with van der Waals surface area (Å²) < 4.78 is 1.32. The van der Waals surface area contributed by atoms with Gasteiger partial charge in [0, 0.05) is 6.07 Å². The number of nitrogens with zero attached hydrogens (tertiary/aromatic N) is 4. The molecule has 0 amide bonds. The number of rotatable bonds is 3. The summed E-state index contributed by atoms with van der Waals surface area (Å²) in [5, 5.41) is 18.8. The number of hydrogen-bond acceptors (Lipinski definition) is 5. The molecule has 1 aromatic heterocycles. The first-order chi connectivity index (χ1) is 8.56. The molecule has 7 nitrogen and oxygen atoms in total. The van der Waals surface area contributed by atoms with Gasteiger partial charge in [0.05, 0.1) is 15.6 Å². The summed E-state index contributed by atoms with van der Waals surface area (Å²) in [6.45, 7) is 1.86. The highest BCUT2D eigenvalue weighted by Gasteiger charge is 2.22. The Morgan fingerprint density at radius 1 is 1.56 bits per heavy atom. The van der Waals surface area contributed by atoms with Crippen LogP contribution < -0.4 is 5.73 Å². The largest absolute Gasteiger partial charge is 0.381 e. The second kappa shape index (κ2) is 4.61. The predicted octanol–water partition coefficient (Wildman–Crippen LogP) is 1.97. The van der Waals surface area contributed by atoms with Crippen LogP contribution in [0.4, 0.5) is 11.5 Å². The van der Waals surface area contributed by atoms with Crippen LogP contribution in [0.3, 0.4) is 0 Å². The first-order valence-corrected chi connectivity index (χ1v) is 5.57. The molecule has 0 aliphatic carbocycles. The minimum Gasteiger partial charge on any atom is -0.381 e. The van der Waals surface area contributed by atoms with Crippen LogP contribution in [0.15, 0.2) is 18.2 Å². The minimum atomic E-state index is -0.515. The average Bonchev–Trinajstić information content (AvgIpc) is 2.69. The topological polar surface area (TPSA) is 99.9 Å². The SMILES string of the molecule is CCc1c(N)nnn1-c1c(Cl)cccc1[N+](=O)[O-]. The van der Waals surface area contributed by atoms with E-state index in [9.17, 15) is 10.1 Å². The van der Waals surface area contributed by atoms with E-state index >= 15 is 0 Å². The maximum absolute atomic E-state index is 11.0. The highest BCUT2D eigenvalue weighted by molar-refractivity contribution is 6.32. The number of benzene rings is 1. The molecule has 94 valence electrons. The predicted molar refractivity (Wildman–Crippen MR) is 66.8 cm³/mol. The molecular formula is C10H10ClN5O2. The number of anilines is 1. The number of halogens is 1. The molecule has 0 aliphatic heterocycles. The molecular weight excluding hydrogens is 258 g/mol. The fraction of sp³-hybridized carbons (Fsp3) is 0.200. The van der Waals surface area contributed by atoms with Gasteiger partial charge in [-0.25, -0.2) is 4.68 Å². The van der Waals surface area contributed by atoms with Crippen molar-refractivity contribution in [3.63, 3.8) is 0 Å². The lowest BCUT2D eigenvalue weighted by Crippen LogP contribution is -2.06. The third-order valence-corrected chi connectivity index (χ3v) is 2.81. The van der Waals surface area contributed by atoms with Gasteiger partial charge >= 0.3 is 0 Å².